The molecular formula is C15H24N2OS. The smallest absolute Gasteiger partial charge is 0.0620 e. The molecule has 1 N–H and O–H groups in total. The van der Waals surface area contributed by atoms with E-state index in [0.717, 1.165) is 32.3 Å². The van der Waals surface area contributed by atoms with Gasteiger partial charge in [-0.3, -0.25) is 4.90 Å². The quantitative estimate of drug-likeness (QED) is 0.866. The zero-order valence-electron chi connectivity index (χ0n) is 11.7. The molecule has 0 radical (unpaired) electrons. The van der Waals surface area contributed by atoms with Gasteiger partial charge in [0.2, 0.25) is 0 Å². The lowest BCUT2D eigenvalue weighted by atomic mass is 10.1. The Morgan fingerprint density at radius 1 is 1.53 bits per heavy atom. The maximum absolute atomic E-state index is 5.57. The van der Waals surface area contributed by atoms with Crippen LogP contribution in [0, 0.1) is 0 Å². The second kappa shape index (κ2) is 6.35. The number of morpholine rings is 1. The van der Waals surface area contributed by atoms with Crippen molar-refractivity contribution in [3.8, 4) is 0 Å². The third-order valence-corrected chi connectivity index (χ3v) is 4.99. The maximum Gasteiger partial charge on any atom is 0.0620 e. The molecule has 4 heteroatoms. The fourth-order valence-corrected chi connectivity index (χ4v) is 3.66. The van der Waals surface area contributed by atoms with Crippen molar-refractivity contribution in [2.75, 3.05) is 19.8 Å². The highest BCUT2D eigenvalue weighted by Crippen LogP contribution is 2.32. The zero-order chi connectivity index (χ0) is 13.1. The van der Waals surface area contributed by atoms with Crippen LogP contribution in [0.15, 0.2) is 17.5 Å². The Bertz CT molecular complexity index is 372. The van der Waals surface area contributed by atoms with Crippen LogP contribution in [0.2, 0.25) is 0 Å². The maximum atomic E-state index is 5.57. The average molecular weight is 280 g/mol. The molecule has 2 aliphatic rings. The van der Waals surface area contributed by atoms with Crippen LogP contribution in [-0.4, -0.2) is 42.8 Å². The largest absolute Gasteiger partial charge is 0.379 e. The molecule has 3 nitrogen and oxygen atoms in total. The number of nitrogens with one attached hydrogen (secondary N) is 1. The van der Waals surface area contributed by atoms with Gasteiger partial charge in [0.05, 0.1) is 13.2 Å². The standard InChI is InChI=1S/C15H24N2OS/c1-12(9-13-11-18-7-6-16-13)17(14-4-5-14)10-15-3-2-8-19-15/h2-3,8,12-14,16H,4-7,9-11H2,1H3. The molecule has 1 aliphatic heterocycles. The lowest BCUT2D eigenvalue weighted by Crippen LogP contribution is -2.46. The molecule has 106 valence electrons. The summed E-state index contributed by atoms with van der Waals surface area (Å²) in [4.78, 5) is 4.19. The molecule has 2 heterocycles. The number of nitrogens with zero attached hydrogens (tertiary/aromatic N) is 1. The zero-order valence-corrected chi connectivity index (χ0v) is 12.5. The Balaban J connectivity index is 1.56. The average Bonchev–Trinajstić information content (AvgIpc) is 3.14. The molecule has 19 heavy (non-hydrogen) atoms. The minimum absolute atomic E-state index is 0.535. The van der Waals surface area contributed by atoms with Crippen molar-refractivity contribution in [2.24, 2.45) is 0 Å². The van der Waals surface area contributed by atoms with Crippen molar-refractivity contribution in [1.82, 2.24) is 10.2 Å². The lowest BCUT2D eigenvalue weighted by molar-refractivity contribution is 0.0598. The van der Waals surface area contributed by atoms with E-state index in [1.54, 1.807) is 0 Å². The van der Waals surface area contributed by atoms with Gasteiger partial charge in [0.25, 0.3) is 0 Å². The predicted molar refractivity (Wildman–Crippen MR) is 79.6 cm³/mol. The van der Waals surface area contributed by atoms with Gasteiger partial charge in [-0.15, -0.1) is 11.3 Å². The molecule has 2 fully saturated rings. The Hall–Kier alpha value is -0.420. The van der Waals surface area contributed by atoms with Crippen LogP contribution in [-0.2, 0) is 11.3 Å². The number of ether oxygens (including phenoxy) is 1. The van der Waals surface area contributed by atoms with Crippen LogP contribution < -0.4 is 5.32 Å². The molecule has 3 rings (SSSR count). The van der Waals surface area contributed by atoms with Gasteiger partial charge >= 0.3 is 0 Å². The van der Waals surface area contributed by atoms with Crippen LogP contribution in [0.1, 0.15) is 31.1 Å². The summed E-state index contributed by atoms with van der Waals surface area (Å²) in [6.07, 6.45) is 3.95. The van der Waals surface area contributed by atoms with E-state index < -0.39 is 0 Å². The van der Waals surface area contributed by atoms with Crippen molar-refractivity contribution < 1.29 is 4.74 Å². The molecule has 0 spiro atoms. The van der Waals surface area contributed by atoms with Crippen molar-refractivity contribution in [1.29, 1.82) is 0 Å². The van der Waals surface area contributed by atoms with Gasteiger partial charge in [0.1, 0.15) is 0 Å². The predicted octanol–water partition coefficient (Wildman–Crippen LogP) is 2.48. The van der Waals surface area contributed by atoms with Crippen molar-refractivity contribution in [3.05, 3.63) is 22.4 Å². The topological polar surface area (TPSA) is 24.5 Å². The van der Waals surface area contributed by atoms with E-state index in [0.29, 0.717) is 12.1 Å². The Kier molecular flexibility index (Phi) is 4.53. The van der Waals surface area contributed by atoms with Gasteiger partial charge < -0.3 is 10.1 Å². The fraction of sp³-hybridized carbons (Fsp3) is 0.733. The van der Waals surface area contributed by atoms with Gasteiger partial charge in [0.15, 0.2) is 0 Å². The normalized spacial score (nSPS) is 25.7. The van der Waals surface area contributed by atoms with E-state index in [4.69, 9.17) is 4.74 Å². The van der Waals surface area contributed by atoms with Crippen LogP contribution in [0.25, 0.3) is 0 Å². The molecule has 1 aromatic heterocycles. The summed E-state index contributed by atoms with van der Waals surface area (Å²) in [6, 6.07) is 6.41. The Labute approximate surface area is 119 Å². The van der Waals surface area contributed by atoms with E-state index >= 15 is 0 Å². The Morgan fingerprint density at radius 2 is 2.42 bits per heavy atom. The van der Waals surface area contributed by atoms with E-state index in [-0.39, 0.29) is 0 Å². The summed E-state index contributed by atoms with van der Waals surface area (Å²) < 4.78 is 5.57. The summed E-state index contributed by atoms with van der Waals surface area (Å²) in [5, 5.41) is 5.76. The lowest BCUT2D eigenvalue weighted by Gasteiger charge is -2.33. The minimum Gasteiger partial charge on any atom is -0.379 e. The summed E-state index contributed by atoms with van der Waals surface area (Å²) in [7, 11) is 0. The summed E-state index contributed by atoms with van der Waals surface area (Å²) in [5.74, 6) is 0. The molecule has 0 aromatic carbocycles. The van der Waals surface area contributed by atoms with E-state index in [1.807, 2.05) is 11.3 Å². The van der Waals surface area contributed by atoms with Crippen LogP contribution in [0.3, 0.4) is 0 Å². The van der Waals surface area contributed by atoms with Gasteiger partial charge in [-0.1, -0.05) is 6.07 Å². The molecule has 1 aromatic rings. The molecule has 0 amide bonds. The van der Waals surface area contributed by atoms with Crippen LogP contribution >= 0.6 is 11.3 Å². The number of rotatable bonds is 6. The Morgan fingerprint density at radius 3 is 3.05 bits per heavy atom. The van der Waals surface area contributed by atoms with Gasteiger partial charge in [-0.2, -0.15) is 0 Å². The van der Waals surface area contributed by atoms with E-state index in [1.165, 1.54) is 24.1 Å². The first kappa shape index (κ1) is 13.6. The van der Waals surface area contributed by atoms with E-state index in [2.05, 4.69) is 34.7 Å². The molecule has 1 aliphatic carbocycles. The first-order valence-electron chi connectivity index (χ1n) is 7.42. The van der Waals surface area contributed by atoms with Crippen LogP contribution in [0.5, 0.6) is 0 Å². The third-order valence-electron chi connectivity index (χ3n) is 4.12. The summed E-state index contributed by atoms with van der Waals surface area (Å²) in [5.41, 5.74) is 0. The monoisotopic (exact) mass is 280 g/mol. The SMILES string of the molecule is CC(CC1COCCN1)N(Cc1cccs1)C1CC1. The first-order valence-corrected chi connectivity index (χ1v) is 8.30. The molecule has 0 bridgehead atoms. The highest BCUT2D eigenvalue weighted by Gasteiger charge is 2.33. The fourth-order valence-electron chi connectivity index (χ4n) is 2.95. The molecule has 1 saturated heterocycles. The summed E-state index contributed by atoms with van der Waals surface area (Å²) in [6.45, 7) is 6.25. The first-order chi connectivity index (χ1) is 9.33. The second-order valence-corrected chi connectivity index (χ2v) is 6.83. The highest BCUT2D eigenvalue weighted by molar-refractivity contribution is 7.09. The number of thiophene rings is 1. The van der Waals surface area contributed by atoms with Crippen LogP contribution in [0.4, 0.5) is 0 Å². The minimum atomic E-state index is 0.535. The number of hydrogen-bond acceptors (Lipinski definition) is 4. The summed E-state index contributed by atoms with van der Waals surface area (Å²) >= 11 is 1.88. The van der Waals surface area contributed by atoms with Crippen molar-refractivity contribution in [2.45, 2.75) is 50.9 Å². The molecular weight excluding hydrogens is 256 g/mol. The van der Waals surface area contributed by atoms with Gasteiger partial charge in [0, 0.05) is 36.1 Å². The molecule has 1 saturated carbocycles. The van der Waals surface area contributed by atoms with Crippen molar-refractivity contribution in [3.63, 3.8) is 0 Å². The van der Waals surface area contributed by atoms with Gasteiger partial charge in [-0.05, 0) is 37.6 Å². The van der Waals surface area contributed by atoms with Gasteiger partial charge in [-0.25, -0.2) is 0 Å². The van der Waals surface area contributed by atoms with Crippen molar-refractivity contribution >= 4 is 11.3 Å². The molecule has 2 atom stereocenters. The highest BCUT2D eigenvalue weighted by atomic mass is 32.1. The second-order valence-electron chi connectivity index (χ2n) is 5.79. The molecule has 2 unspecified atom stereocenters. The van der Waals surface area contributed by atoms with E-state index in [9.17, 15) is 0 Å². The number of hydrogen-bond donors (Lipinski definition) is 1. The third kappa shape index (κ3) is 3.78.